The molecule has 1 aromatic heterocycles. The van der Waals surface area contributed by atoms with Crippen LogP contribution in [0.5, 0.6) is 0 Å². The second-order valence-electron chi connectivity index (χ2n) is 8.34. The molecule has 6 heteroatoms. The Kier molecular flexibility index (Phi) is 5.11. The smallest absolute Gasteiger partial charge is 0.240 e. The quantitative estimate of drug-likeness (QED) is 0.546. The van der Waals surface area contributed by atoms with Crippen molar-refractivity contribution in [1.82, 2.24) is 14.8 Å². The number of carbonyl (C=O) groups is 1. The highest BCUT2D eigenvalue weighted by molar-refractivity contribution is 8.00. The van der Waals surface area contributed by atoms with Crippen molar-refractivity contribution in [2.75, 3.05) is 4.90 Å². The van der Waals surface area contributed by atoms with E-state index in [1.165, 1.54) is 35.7 Å². The Morgan fingerprint density at radius 1 is 1.10 bits per heavy atom. The number of benzene rings is 2. The van der Waals surface area contributed by atoms with Crippen molar-refractivity contribution < 1.29 is 4.79 Å². The highest BCUT2D eigenvalue weighted by atomic mass is 32.2. The van der Waals surface area contributed by atoms with Gasteiger partial charge in [0.25, 0.3) is 0 Å². The molecule has 5 nitrogen and oxygen atoms in total. The highest BCUT2D eigenvalue weighted by Crippen LogP contribution is 2.41. The van der Waals surface area contributed by atoms with Gasteiger partial charge >= 0.3 is 0 Å². The SMILES string of the molecule is C[C@@H](Sc1nnc(C2CC2)n1Cc1ccccc1)C(=O)N1c2ccccc2C[C@@H]1C. The fraction of sp³-hybridized carbons (Fsp3) is 0.375. The van der Waals surface area contributed by atoms with Crippen molar-refractivity contribution in [1.29, 1.82) is 0 Å². The largest absolute Gasteiger partial charge is 0.308 e. The predicted octanol–water partition coefficient (Wildman–Crippen LogP) is 4.66. The number of aromatic nitrogens is 3. The van der Waals surface area contributed by atoms with Gasteiger partial charge in [0.1, 0.15) is 5.82 Å². The average molecular weight is 419 g/mol. The van der Waals surface area contributed by atoms with Crippen LogP contribution >= 0.6 is 11.8 Å². The number of hydrogen-bond donors (Lipinski definition) is 0. The van der Waals surface area contributed by atoms with Crippen LogP contribution < -0.4 is 4.90 Å². The van der Waals surface area contributed by atoms with Gasteiger partial charge in [-0.2, -0.15) is 0 Å². The first kappa shape index (κ1) is 19.4. The molecule has 1 aliphatic carbocycles. The number of nitrogens with zero attached hydrogens (tertiary/aromatic N) is 4. The van der Waals surface area contributed by atoms with Gasteiger partial charge in [-0.15, -0.1) is 10.2 Å². The van der Waals surface area contributed by atoms with Crippen molar-refractivity contribution >= 4 is 23.4 Å². The number of amides is 1. The molecule has 1 saturated carbocycles. The Labute approximate surface area is 181 Å². The second-order valence-corrected chi connectivity index (χ2v) is 9.64. The van der Waals surface area contributed by atoms with Crippen molar-refractivity contribution in [3.63, 3.8) is 0 Å². The lowest BCUT2D eigenvalue weighted by atomic mass is 10.1. The van der Waals surface area contributed by atoms with Crippen LogP contribution in [0.3, 0.4) is 0 Å². The van der Waals surface area contributed by atoms with E-state index in [1.54, 1.807) is 0 Å². The summed E-state index contributed by atoms with van der Waals surface area (Å²) in [5.41, 5.74) is 3.52. The van der Waals surface area contributed by atoms with E-state index >= 15 is 0 Å². The average Bonchev–Trinajstić information content (AvgIpc) is 3.44. The summed E-state index contributed by atoms with van der Waals surface area (Å²) in [6, 6.07) is 18.8. The number of fused-ring (bicyclic) bond motifs is 1. The molecular formula is C24H26N4OS. The standard InChI is InChI=1S/C24H26N4OS/c1-16-14-20-10-6-7-11-21(20)28(16)23(29)17(2)30-24-26-25-22(19-12-13-19)27(24)15-18-8-4-3-5-9-18/h3-11,16-17,19H,12-15H2,1-2H3/t16-,17+/m0/s1. The molecule has 2 atom stereocenters. The molecule has 1 aliphatic heterocycles. The monoisotopic (exact) mass is 418 g/mol. The molecule has 1 amide bonds. The molecular weight excluding hydrogens is 392 g/mol. The second kappa shape index (κ2) is 7.91. The maximum absolute atomic E-state index is 13.4. The Morgan fingerprint density at radius 2 is 1.83 bits per heavy atom. The molecule has 2 aromatic carbocycles. The van der Waals surface area contributed by atoms with E-state index in [0.717, 1.165) is 29.6 Å². The summed E-state index contributed by atoms with van der Waals surface area (Å²) in [6.07, 6.45) is 3.26. The van der Waals surface area contributed by atoms with Gasteiger partial charge in [0.2, 0.25) is 5.91 Å². The number of anilines is 1. The third-order valence-electron chi connectivity index (χ3n) is 5.95. The van der Waals surface area contributed by atoms with Crippen molar-refractivity contribution in [3.05, 3.63) is 71.5 Å². The summed E-state index contributed by atoms with van der Waals surface area (Å²) in [5, 5.41) is 9.60. The third-order valence-corrected chi connectivity index (χ3v) is 7.01. The van der Waals surface area contributed by atoms with Gasteiger partial charge < -0.3 is 9.47 Å². The van der Waals surface area contributed by atoms with Crippen molar-refractivity contribution in [2.24, 2.45) is 0 Å². The zero-order valence-corrected chi connectivity index (χ0v) is 18.2. The minimum Gasteiger partial charge on any atom is -0.308 e. The topological polar surface area (TPSA) is 51.0 Å². The van der Waals surface area contributed by atoms with Crippen LogP contribution in [0.1, 0.15) is 49.6 Å². The van der Waals surface area contributed by atoms with Crippen LogP contribution in [0.25, 0.3) is 0 Å². The summed E-state index contributed by atoms with van der Waals surface area (Å²) in [6.45, 7) is 4.85. The van der Waals surface area contributed by atoms with Crippen LogP contribution in [-0.2, 0) is 17.8 Å². The molecule has 0 radical (unpaired) electrons. The van der Waals surface area contributed by atoms with Gasteiger partial charge in [0.15, 0.2) is 5.16 Å². The van der Waals surface area contributed by atoms with E-state index in [9.17, 15) is 4.79 Å². The molecule has 5 rings (SSSR count). The zero-order chi connectivity index (χ0) is 20.7. The van der Waals surface area contributed by atoms with Crippen LogP contribution in [0, 0.1) is 0 Å². The third kappa shape index (κ3) is 3.65. The summed E-state index contributed by atoms with van der Waals surface area (Å²) in [5.74, 6) is 1.70. The minimum atomic E-state index is -0.232. The van der Waals surface area contributed by atoms with E-state index < -0.39 is 0 Å². The molecule has 0 spiro atoms. The van der Waals surface area contributed by atoms with E-state index in [-0.39, 0.29) is 17.2 Å². The maximum Gasteiger partial charge on any atom is 0.240 e. The molecule has 2 aliphatic rings. The van der Waals surface area contributed by atoms with Crippen LogP contribution in [0.15, 0.2) is 59.8 Å². The molecule has 0 saturated heterocycles. The van der Waals surface area contributed by atoms with E-state index in [1.807, 2.05) is 30.0 Å². The number of hydrogen-bond acceptors (Lipinski definition) is 4. The predicted molar refractivity (Wildman–Crippen MR) is 120 cm³/mol. The molecule has 0 N–H and O–H groups in total. The fourth-order valence-corrected chi connectivity index (χ4v) is 5.15. The summed E-state index contributed by atoms with van der Waals surface area (Å²) >= 11 is 1.53. The first-order chi connectivity index (χ1) is 14.6. The number of thioether (sulfide) groups is 1. The van der Waals surface area contributed by atoms with Crippen LogP contribution in [0.2, 0.25) is 0 Å². The van der Waals surface area contributed by atoms with Gasteiger partial charge in [0, 0.05) is 17.6 Å². The zero-order valence-electron chi connectivity index (χ0n) is 17.4. The Hall–Kier alpha value is -2.60. The van der Waals surface area contributed by atoms with Crippen LogP contribution in [0.4, 0.5) is 5.69 Å². The van der Waals surface area contributed by atoms with E-state index in [4.69, 9.17) is 0 Å². The van der Waals surface area contributed by atoms with E-state index in [2.05, 4.69) is 58.1 Å². The first-order valence-corrected chi connectivity index (χ1v) is 11.5. The molecule has 3 aromatic rings. The van der Waals surface area contributed by atoms with E-state index in [0.29, 0.717) is 5.92 Å². The number of rotatable bonds is 6. The summed E-state index contributed by atoms with van der Waals surface area (Å²) < 4.78 is 2.21. The Morgan fingerprint density at radius 3 is 2.60 bits per heavy atom. The lowest BCUT2D eigenvalue weighted by Crippen LogP contribution is -2.40. The molecule has 2 heterocycles. The van der Waals surface area contributed by atoms with Crippen LogP contribution in [-0.4, -0.2) is 32.0 Å². The molecule has 1 fully saturated rings. The van der Waals surface area contributed by atoms with Crippen molar-refractivity contribution in [2.45, 2.75) is 62.0 Å². The first-order valence-electron chi connectivity index (χ1n) is 10.7. The summed E-state index contributed by atoms with van der Waals surface area (Å²) in [7, 11) is 0. The number of carbonyl (C=O) groups excluding carboxylic acids is 1. The normalized spacial score (nSPS) is 19.0. The number of para-hydroxylation sites is 1. The molecule has 0 unspecified atom stereocenters. The van der Waals surface area contributed by atoms with Gasteiger partial charge in [-0.1, -0.05) is 60.3 Å². The Bertz CT molecular complexity index is 1060. The highest BCUT2D eigenvalue weighted by Gasteiger charge is 2.35. The van der Waals surface area contributed by atoms with Gasteiger partial charge in [-0.3, -0.25) is 4.79 Å². The lowest BCUT2D eigenvalue weighted by Gasteiger charge is -2.25. The summed E-state index contributed by atoms with van der Waals surface area (Å²) in [4.78, 5) is 15.4. The Balaban J connectivity index is 1.38. The molecule has 30 heavy (non-hydrogen) atoms. The van der Waals surface area contributed by atoms with Gasteiger partial charge in [-0.05, 0) is 50.3 Å². The molecule has 154 valence electrons. The molecule has 0 bridgehead atoms. The van der Waals surface area contributed by atoms with Gasteiger partial charge in [0.05, 0.1) is 11.8 Å². The fourth-order valence-electron chi connectivity index (χ4n) is 4.25. The minimum absolute atomic E-state index is 0.139. The lowest BCUT2D eigenvalue weighted by molar-refractivity contribution is -0.118. The van der Waals surface area contributed by atoms with Gasteiger partial charge in [-0.25, -0.2) is 0 Å². The maximum atomic E-state index is 13.4. The van der Waals surface area contributed by atoms with Crippen molar-refractivity contribution in [3.8, 4) is 0 Å².